The SMILES string of the molecule is N=c1sc(-c2ccc([N+](=O)[O-])cc2)nn1-c1ccc([N+](=O)[O-])cc1. The van der Waals surface area contributed by atoms with Gasteiger partial charge in [-0.25, -0.2) is 4.68 Å². The standard InChI is InChI=1S/C14H9N5O4S/c15-14-17(10-5-7-12(8-6-10)19(22)23)16-13(24-14)9-1-3-11(4-2-9)18(20)21/h1-8,15H. The fourth-order valence-corrected chi connectivity index (χ4v) is 2.82. The van der Waals surface area contributed by atoms with Crippen LogP contribution in [0.4, 0.5) is 11.4 Å². The van der Waals surface area contributed by atoms with Crippen LogP contribution in [0.2, 0.25) is 0 Å². The molecule has 10 heteroatoms. The maximum absolute atomic E-state index is 10.7. The van der Waals surface area contributed by atoms with Crippen LogP contribution >= 0.6 is 11.3 Å². The van der Waals surface area contributed by atoms with E-state index in [1.165, 1.54) is 41.1 Å². The first-order chi connectivity index (χ1) is 11.5. The summed E-state index contributed by atoms with van der Waals surface area (Å²) in [5.41, 5.74) is 1.11. The van der Waals surface area contributed by atoms with Crippen LogP contribution in [0.25, 0.3) is 16.3 Å². The van der Waals surface area contributed by atoms with Crippen molar-refractivity contribution in [2.45, 2.75) is 0 Å². The van der Waals surface area contributed by atoms with Crippen molar-refractivity contribution in [2.75, 3.05) is 0 Å². The molecule has 9 nitrogen and oxygen atoms in total. The second kappa shape index (κ2) is 6.01. The van der Waals surface area contributed by atoms with Crippen molar-refractivity contribution in [1.29, 1.82) is 5.41 Å². The number of non-ortho nitro benzene ring substituents is 2. The molecule has 1 N–H and O–H groups in total. The minimum absolute atomic E-state index is 0.0235. The lowest BCUT2D eigenvalue weighted by Crippen LogP contribution is -2.12. The molecule has 2 aromatic carbocycles. The number of nitro benzene ring substituents is 2. The number of aromatic nitrogens is 2. The van der Waals surface area contributed by atoms with Crippen molar-refractivity contribution in [3.05, 3.63) is 73.6 Å². The second-order valence-corrected chi connectivity index (χ2v) is 5.68. The first kappa shape index (κ1) is 15.5. The van der Waals surface area contributed by atoms with E-state index in [1.54, 1.807) is 12.1 Å². The molecule has 0 aliphatic carbocycles. The van der Waals surface area contributed by atoms with E-state index in [4.69, 9.17) is 5.41 Å². The van der Waals surface area contributed by atoms with E-state index in [1.807, 2.05) is 0 Å². The van der Waals surface area contributed by atoms with Crippen molar-refractivity contribution < 1.29 is 9.85 Å². The van der Waals surface area contributed by atoms with Crippen LogP contribution in [0.3, 0.4) is 0 Å². The highest BCUT2D eigenvalue weighted by Crippen LogP contribution is 2.23. The zero-order valence-electron chi connectivity index (χ0n) is 11.9. The number of hydrogen-bond donors (Lipinski definition) is 1. The molecule has 0 saturated carbocycles. The minimum Gasteiger partial charge on any atom is -0.273 e. The van der Waals surface area contributed by atoms with E-state index in [2.05, 4.69) is 5.10 Å². The van der Waals surface area contributed by atoms with Gasteiger partial charge in [0.05, 0.1) is 15.5 Å². The van der Waals surface area contributed by atoms with Crippen molar-refractivity contribution >= 4 is 22.7 Å². The smallest absolute Gasteiger partial charge is 0.269 e. The summed E-state index contributed by atoms with van der Waals surface area (Å²) < 4.78 is 1.35. The predicted molar refractivity (Wildman–Crippen MR) is 86.0 cm³/mol. The first-order valence-corrected chi connectivity index (χ1v) is 7.42. The summed E-state index contributed by atoms with van der Waals surface area (Å²) in [5, 5.41) is 34.2. The molecule has 0 atom stereocenters. The Hall–Kier alpha value is -3.40. The van der Waals surface area contributed by atoms with E-state index >= 15 is 0 Å². The molecule has 0 spiro atoms. The Kier molecular flexibility index (Phi) is 3.88. The topological polar surface area (TPSA) is 128 Å². The molecule has 0 saturated heterocycles. The van der Waals surface area contributed by atoms with Crippen LogP contribution in [0.1, 0.15) is 0 Å². The van der Waals surface area contributed by atoms with Gasteiger partial charge in [-0.2, -0.15) is 5.10 Å². The zero-order valence-corrected chi connectivity index (χ0v) is 12.8. The van der Waals surface area contributed by atoms with Crippen LogP contribution in [-0.4, -0.2) is 19.6 Å². The normalized spacial score (nSPS) is 10.5. The lowest BCUT2D eigenvalue weighted by atomic mass is 10.2. The number of hydrogen-bond acceptors (Lipinski definition) is 7. The first-order valence-electron chi connectivity index (χ1n) is 6.60. The van der Waals surface area contributed by atoms with Crippen molar-refractivity contribution in [1.82, 2.24) is 9.78 Å². The minimum atomic E-state index is -0.501. The number of nitro groups is 2. The Morgan fingerprint density at radius 2 is 1.42 bits per heavy atom. The van der Waals surface area contributed by atoms with E-state index in [0.717, 1.165) is 11.3 Å². The molecule has 0 aliphatic heterocycles. The molecule has 0 amide bonds. The Bertz CT molecular complexity index is 976. The maximum Gasteiger partial charge on any atom is 0.269 e. The monoisotopic (exact) mass is 343 g/mol. The number of benzene rings is 2. The average Bonchev–Trinajstić information content (AvgIpc) is 2.97. The van der Waals surface area contributed by atoms with Crippen LogP contribution in [0.5, 0.6) is 0 Å². The van der Waals surface area contributed by atoms with Crippen LogP contribution in [0, 0.1) is 25.6 Å². The highest BCUT2D eigenvalue weighted by atomic mass is 32.1. The van der Waals surface area contributed by atoms with Crippen LogP contribution < -0.4 is 4.80 Å². The molecule has 1 heterocycles. The van der Waals surface area contributed by atoms with Gasteiger partial charge in [-0.1, -0.05) is 11.3 Å². The van der Waals surface area contributed by atoms with Gasteiger partial charge >= 0.3 is 0 Å². The van der Waals surface area contributed by atoms with Gasteiger partial charge in [-0.05, 0) is 24.3 Å². The van der Waals surface area contributed by atoms with Gasteiger partial charge < -0.3 is 0 Å². The Balaban J connectivity index is 1.96. The van der Waals surface area contributed by atoms with E-state index < -0.39 is 9.85 Å². The summed E-state index contributed by atoms with van der Waals surface area (Å²) in [6.45, 7) is 0. The Morgan fingerprint density at radius 1 is 0.917 bits per heavy atom. The van der Waals surface area contributed by atoms with E-state index in [9.17, 15) is 20.2 Å². The number of rotatable bonds is 4. The number of nitrogens with zero attached hydrogens (tertiary/aromatic N) is 4. The second-order valence-electron chi connectivity index (χ2n) is 4.70. The Morgan fingerprint density at radius 3 is 1.92 bits per heavy atom. The summed E-state index contributed by atoms with van der Waals surface area (Å²) in [6.07, 6.45) is 0. The summed E-state index contributed by atoms with van der Waals surface area (Å²) >= 11 is 1.10. The van der Waals surface area contributed by atoms with Crippen LogP contribution in [0.15, 0.2) is 48.5 Å². The van der Waals surface area contributed by atoms with Crippen LogP contribution in [-0.2, 0) is 0 Å². The average molecular weight is 343 g/mol. The van der Waals surface area contributed by atoms with Gasteiger partial charge in [0.2, 0.25) is 4.80 Å². The highest BCUT2D eigenvalue weighted by Gasteiger charge is 2.12. The van der Waals surface area contributed by atoms with Gasteiger partial charge in [0.1, 0.15) is 5.01 Å². The third-order valence-corrected chi connectivity index (χ3v) is 4.08. The molecule has 3 aromatic rings. The quantitative estimate of drug-likeness (QED) is 0.575. The number of nitrogens with one attached hydrogen (secondary N) is 1. The molecule has 0 radical (unpaired) electrons. The van der Waals surface area contributed by atoms with Crippen molar-refractivity contribution in [2.24, 2.45) is 0 Å². The molecule has 24 heavy (non-hydrogen) atoms. The highest BCUT2D eigenvalue weighted by molar-refractivity contribution is 7.12. The summed E-state index contributed by atoms with van der Waals surface area (Å²) in [5.74, 6) is 0. The largest absolute Gasteiger partial charge is 0.273 e. The van der Waals surface area contributed by atoms with E-state index in [-0.39, 0.29) is 16.2 Å². The lowest BCUT2D eigenvalue weighted by Gasteiger charge is -2.00. The molecular weight excluding hydrogens is 334 g/mol. The third kappa shape index (κ3) is 2.90. The maximum atomic E-state index is 10.7. The van der Waals surface area contributed by atoms with Gasteiger partial charge in [0, 0.05) is 29.8 Å². The fourth-order valence-electron chi connectivity index (χ4n) is 2.02. The molecular formula is C14H9N5O4S. The molecule has 0 unspecified atom stereocenters. The third-order valence-electron chi connectivity index (χ3n) is 3.21. The predicted octanol–water partition coefficient (Wildman–Crippen LogP) is 2.90. The lowest BCUT2D eigenvalue weighted by molar-refractivity contribution is -0.385. The fraction of sp³-hybridized carbons (Fsp3) is 0. The van der Waals surface area contributed by atoms with Gasteiger partial charge in [-0.3, -0.25) is 25.6 Å². The molecule has 120 valence electrons. The molecule has 3 rings (SSSR count). The molecule has 0 bridgehead atoms. The van der Waals surface area contributed by atoms with Crippen molar-refractivity contribution in [3.8, 4) is 16.3 Å². The van der Waals surface area contributed by atoms with Gasteiger partial charge in [0.15, 0.2) is 0 Å². The summed E-state index contributed by atoms with van der Waals surface area (Å²) in [4.78, 5) is 20.5. The van der Waals surface area contributed by atoms with Crippen molar-refractivity contribution in [3.63, 3.8) is 0 Å². The van der Waals surface area contributed by atoms with Gasteiger partial charge in [0.25, 0.3) is 11.4 Å². The summed E-state index contributed by atoms with van der Waals surface area (Å²) in [7, 11) is 0. The Labute approximate surface area is 138 Å². The molecule has 1 aromatic heterocycles. The molecule has 0 aliphatic rings. The molecule has 0 fully saturated rings. The summed E-state index contributed by atoms with van der Waals surface area (Å²) in [6, 6.07) is 11.6. The van der Waals surface area contributed by atoms with E-state index in [0.29, 0.717) is 16.3 Å². The zero-order chi connectivity index (χ0) is 17.3. The van der Waals surface area contributed by atoms with Gasteiger partial charge in [-0.15, -0.1) is 0 Å².